The van der Waals surface area contributed by atoms with Crippen LogP contribution in [0.4, 0.5) is 0 Å². The normalized spacial score (nSPS) is 26.4. The molecular formula is C31H51N2O2+. The number of allylic oxidation sites excluding steroid dienone is 2. The van der Waals surface area contributed by atoms with Gasteiger partial charge in [0.2, 0.25) is 0 Å². The third-order valence-corrected chi connectivity index (χ3v) is 8.17. The van der Waals surface area contributed by atoms with Gasteiger partial charge in [0.25, 0.3) is 0 Å². The summed E-state index contributed by atoms with van der Waals surface area (Å²) in [6, 6.07) is 3.93. The van der Waals surface area contributed by atoms with E-state index in [9.17, 15) is 5.11 Å². The van der Waals surface area contributed by atoms with Crippen LogP contribution in [-0.2, 0) is 0 Å². The Morgan fingerprint density at radius 1 is 1.03 bits per heavy atom. The number of nitrogens with zero attached hydrogens (tertiary/aromatic N) is 1. The molecule has 3 atom stereocenters. The van der Waals surface area contributed by atoms with E-state index in [4.69, 9.17) is 4.74 Å². The first-order chi connectivity index (χ1) is 16.8. The highest BCUT2D eigenvalue weighted by Crippen LogP contribution is 2.53. The smallest absolute Gasteiger partial charge is 0.196 e. The summed E-state index contributed by atoms with van der Waals surface area (Å²) >= 11 is 0. The summed E-state index contributed by atoms with van der Waals surface area (Å²) < 4.78 is 6.17. The van der Waals surface area contributed by atoms with Crippen LogP contribution in [0.2, 0.25) is 0 Å². The Morgan fingerprint density at radius 2 is 1.77 bits per heavy atom. The van der Waals surface area contributed by atoms with Gasteiger partial charge >= 0.3 is 0 Å². The summed E-state index contributed by atoms with van der Waals surface area (Å²) in [5.74, 6) is 3.46. The zero-order chi connectivity index (χ0) is 25.4. The number of fused-ring (bicyclic) bond motifs is 4. The van der Waals surface area contributed by atoms with Crippen molar-refractivity contribution in [1.82, 2.24) is 0 Å². The van der Waals surface area contributed by atoms with Crippen molar-refractivity contribution >= 4 is 5.84 Å². The number of phenols is 1. The van der Waals surface area contributed by atoms with Crippen molar-refractivity contribution in [3.05, 3.63) is 34.9 Å². The summed E-state index contributed by atoms with van der Waals surface area (Å²) in [5, 5.41) is 10.4. The van der Waals surface area contributed by atoms with Gasteiger partial charge in [0.15, 0.2) is 5.84 Å². The van der Waals surface area contributed by atoms with Crippen molar-refractivity contribution in [2.45, 2.75) is 117 Å². The molecule has 0 radical (unpaired) electrons. The van der Waals surface area contributed by atoms with Gasteiger partial charge < -0.3 is 9.84 Å². The highest BCUT2D eigenvalue weighted by Gasteiger charge is 2.45. The van der Waals surface area contributed by atoms with E-state index in [1.807, 2.05) is 19.1 Å². The van der Waals surface area contributed by atoms with Gasteiger partial charge in [-0.1, -0.05) is 50.8 Å². The van der Waals surface area contributed by atoms with Crippen molar-refractivity contribution in [3.8, 4) is 11.5 Å². The summed E-state index contributed by atoms with van der Waals surface area (Å²) in [4.78, 5) is 6.28. The quantitative estimate of drug-likeness (QED) is 0.457. The third-order valence-electron chi connectivity index (χ3n) is 8.17. The van der Waals surface area contributed by atoms with E-state index in [1.54, 1.807) is 4.90 Å². The lowest BCUT2D eigenvalue weighted by atomic mass is 9.68. The molecule has 1 fully saturated rings. The summed E-state index contributed by atoms with van der Waals surface area (Å²) in [5.41, 5.74) is 3.17. The molecule has 5 rings (SSSR count). The second-order valence-corrected chi connectivity index (χ2v) is 11.5. The Morgan fingerprint density at radius 3 is 2.49 bits per heavy atom. The molecule has 4 aliphatic rings. The lowest BCUT2D eigenvalue weighted by molar-refractivity contribution is -0.809. The molecular weight excluding hydrogens is 432 g/mol. The number of benzene rings is 1. The van der Waals surface area contributed by atoms with Gasteiger partial charge in [-0.3, -0.25) is 4.90 Å². The van der Waals surface area contributed by atoms with E-state index in [-0.39, 0.29) is 11.5 Å². The number of unbranched alkanes of at least 4 members (excludes halogenated alkanes) is 2. The number of hydrogen-bond donors (Lipinski definition) is 2. The molecule has 1 unspecified atom stereocenters. The second kappa shape index (κ2) is 12.9. The fourth-order valence-electron chi connectivity index (χ4n) is 6.05. The minimum absolute atomic E-state index is 0.170. The van der Waals surface area contributed by atoms with E-state index in [0.29, 0.717) is 11.7 Å². The Balaban J connectivity index is 0.000000180. The predicted octanol–water partition coefficient (Wildman–Crippen LogP) is 6.76. The topological polar surface area (TPSA) is 46.3 Å². The Labute approximate surface area is 214 Å². The molecule has 4 nitrogen and oxygen atoms in total. The second-order valence-electron chi connectivity index (χ2n) is 11.5. The third kappa shape index (κ3) is 7.12. The zero-order valence-corrected chi connectivity index (χ0v) is 23.4. The van der Waals surface area contributed by atoms with Crippen LogP contribution < -0.4 is 9.64 Å². The van der Waals surface area contributed by atoms with Crippen LogP contribution >= 0.6 is 0 Å². The molecule has 0 saturated carbocycles. The highest BCUT2D eigenvalue weighted by atomic mass is 16.5. The molecule has 1 aromatic carbocycles. The SMILES string of the molecule is C1CCC2=NCCC[NH+]2CC1.CC1=C[C@H]2c3c(ccc(C)c3O)OC(C)(C)[C@@H]2CC1.CCCCC. The van der Waals surface area contributed by atoms with Crippen LogP contribution in [0.3, 0.4) is 0 Å². The number of nitrogens with one attached hydrogen (secondary N) is 1. The van der Waals surface area contributed by atoms with Gasteiger partial charge in [-0.15, -0.1) is 0 Å². The molecule has 0 aromatic heterocycles. The maximum absolute atomic E-state index is 10.4. The first-order valence-electron chi connectivity index (χ1n) is 14.4. The van der Waals surface area contributed by atoms with Crippen LogP contribution in [0.1, 0.15) is 116 Å². The van der Waals surface area contributed by atoms with Crippen LogP contribution in [-0.4, -0.2) is 36.2 Å². The summed E-state index contributed by atoms with van der Waals surface area (Å²) in [6.07, 6.45) is 15.5. The van der Waals surface area contributed by atoms with Gasteiger partial charge in [0.05, 0.1) is 13.1 Å². The number of quaternary nitrogens is 1. The van der Waals surface area contributed by atoms with Gasteiger partial charge in [-0.2, -0.15) is 0 Å². The molecule has 0 bridgehead atoms. The lowest BCUT2D eigenvalue weighted by Crippen LogP contribution is -3.15. The summed E-state index contributed by atoms with van der Waals surface area (Å²) in [6.45, 7) is 16.7. The fourth-order valence-corrected chi connectivity index (χ4v) is 6.05. The predicted molar refractivity (Wildman–Crippen MR) is 148 cm³/mol. The van der Waals surface area contributed by atoms with Gasteiger partial charge in [-0.05, 0) is 71.4 Å². The fraction of sp³-hybridized carbons (Fsp3) is 0.710. The number of rotatable bonds is 2. The van der Waals surface area contributed by atoms with Gasteiger partial charge in [0.1, 0.15) is 17.1 Å². The molecule has 4 heteroatoms. The Kier molecular flexibility index (Phi) is 10.3. The first-order valence-corrected chi connectivity index (χ1v) is 14.4. The minimum atomic E-state index is -0.170. The van der Waals surface area contributed by atoms with Crippen molar-refractivity contribution in [3.63, 3.8) is 0 Å². The van der Waals surface area contributed by atoms with E-state index in [1.165, 1.54) is 75.9 Å². The maximum atomic E-state index is 10.4. The van der Waals surface area contributed by atoms with E-state index in [2.05, 4.69) is 45.7 Å². The Bertz CT molecular complexity index is 884. The number of aromatic hydroxyl groups is 1. The first kappa shape index (κ1) is 27.8. The maximum Gasteiger partial charge on any atom is 0.196 e. The van der Waals surface area contributed by atoms with Gasteiger partial charge in [-0.25, -0.2) is 4.99 Å². The largest absolute Gasteiger partial charge is 0.507 e. The van der Waals surface area contributed by atoms with E-state index in [0.717, 1.165) is 36.3 Å². The number of ether oxygens (including phenoxy) is 1. The molecule has 3 heterocycles. The number of hydrogen-bond acceptors (Lipinski definition) is 3. The lowest BCUT2D eigenvalue weighted by Gasteiger charge is -2.46. The average Bonchev–Trinajstić information content (AvgIpc) is 3.08. The monoisotopic (exact) mass is 483 g/mol. The van der Waals surface area contributed by atoms with Crippen molar-refractivity contribution in [2.75, 3.05) is 19.6 Å². The molecule has 1 saturated heterocycles. The molecule has 0 amide bonds. The number of amidine groups is 1. The van der Waals surface area contributed by atoms with Gasteiger partial charge in [0, 0.05) is 36.8 Å². The standard InChI is InChI=1S/C17H22O2.C9H16N2.C5H12/c1-10-5-7-13-12(9-10)15-14(19-17(13,3)4)8-6-11(2)16(15)18;1-2-5-9-10-6-4-8-11(9)7-3-1;1-3-5-4-2/h6,8-9,12-13,18H,5,7H2,1-4H3;1-8H2;3-5H2,1-2H3/p+1/t12-,13-;;/m1../s1. The van der Waals surface area contributed by atoms with Crippen LogP contribution in [0.25, 0.3) is 0 Å². The van der Waals surface area contributed by atoms with Crippen LogP contribution in [0, 0.1) is 12.8 Å². The van der Waals surface area contributed by atoms with Crippen LogP contribution in [0.5, 0.6) is 11.5 Å². The Hall–Kier alpha value is -1.81. The highest BCUT2D eigenvalue weighted by molar-refractivity contribution is 5.73. The molecule has 1 aliphatic carbocycles. The van der Waals surface area contributed by atoms with Crippen molar-refractivity contribution < 1.29 is 14.7 Å². The number of phenolic OH excluding ortho intramolecular Hbond substituents is 1. The van der Waals surface area contributed by atoms with Crippen LogP contribution in [0.15, 0.2) is 28.8 Å². The molecule has 2 N–H and O–H groups in total. The number of aryl methyl sites for hydroxylation is 1. The van der Waals surface area contributed by atoms with Crippen molar-refractivity contribution in [2.24, 2.45) is 10.9 Å². The average molecular weight is 484 g/mol. The zero-order valence-electron chi connectivity index (χ0n) is 23.4. The number of aliphatic imine (C=N–C) groups is 1. The summed E-state index contributed by atoms with van der Waals surface area (Å²) in [7, 11) is 0. The minimum Gasteiger partial charge on any atom is -0.507 e. The molecule has 3 aliphatic heterocycles. The molecule has 1 aromatic rings. The van der Waals surface area contributed by atoms with E-state index >= 15 is 0 Å². The van der Waals surface area contributed by atoms with Crippen molar-refractivity contribution in [1.29, 1.82) is 0 Å². The van der Waals surface area contributed by atoms with E-state index < -0.39 is 0 Å². The molecule has 0 spiro atoms. The molecule has 35 heavy (non-hydrogen) atoms. The molecule has 196 valence electrons.